The Morgan fingerprint density at radius 2 is 1.72 bits per heavy atom. The lowest BCUT2D eigenvalue weighted by Crippen LogP contribution is -2.57. The summed E-state index contributed by atoms with van der Waals surface area (Å²) in [5, 5.41) is 0.426. The van der Waals surface area contributed by atoms with Crippen LogP contribution < -0.4 is 16.0 Å². The minimum atomic E-state index is -0.571. The first-order valence-corrected chi connectivity index (χ1v) is 12.9. The van der Waals surface area contributed by atoms with Crippen molar-refractivity contribution in [3.8, 4) is 0 Å². The number of ether oxygens (including phenoxy) is 1. The summed E-state index contributed by atoms with van der Waals surface area (Å²) in [4.78, 5) is 43.8. The molecule has 0 N–H and O–H groups in total. The van der Waals surface area contributed by atoms with Gasteiger partial charge in [-0.25, -0.2) is 15.0 Å². The fourth-order valence-corrected chi connectivity index (χ4v) is 6.11. The summed E-state index contributed by atoms with van der Waals surface area (Å²) in [5.74, 6) is 0.702. The molecule has 11 heteroatoms. The van der Waals surface area contributed by atoms with Crippen molar-refractivity contribution in [2.24, 2.45) is 12.5 Å². The van der Waals surface area contributed by atoms with Crippen molar-refractivity contribution in [2.45, 2.75) is 38.3 Å². The number of hydrogen-bond donors (Lipinski definition) is 0. The number of aryl methyl sites for hydroxylation is 1. The second kappa shape index (κ2) is 9.24. The van der Waals surface area contributed by atoms with E-state index in [9.17, 15) is 9.59 Å². The Hall–Kier alpha value is -2.82. The molecule has 190 valence electrons. The molecule has 3 aliphatic heterocycles. The summed E-state index contributed by atoms with van der Waals surface area (Å²) in [5.41, 5.74) is 1.50. The van der Waals surface area contributed by atoms with Crippen molar-refractivity contribution in [3.05, 3.63) is 56.0 Å². The molecule has 3 aromatic heterocycles. The maximum Gasteiger partial charge on any atom is 0.318 e. The Bertz CT molecular complexity index is 1380. The van der Waals surface area contributed by atoms with E-state index in [0.717, 1.165) is 51.3 Å². The largest absolute Gasteiger partial charge is 0.381 e. The number of fused-ring (bicyclic) bond motifs is 1. The minimum Gasteiger partial charge on any atom is -0.381 e. The van der Waals surface area contributed by atoms with E-state index in [1.807, 2.05) is 12.4 Å². The predicted molar refractivity (Wildman–Crippen MR) is 137 cm³/mol. The predicted octanol–water partition coefficient (Wildman–Crippen LogP) is 1.99. The summed E-state index contributed by atoms with van der Waals surface area (Å²) in [6, 6.07) is 1.55. The van der Waals surface area contributed by atoms with Crippen LogP contribution >= 0.6 is 11.6 Å². The Labute approximate surface area is 213 Å². The van der Waals surface area contributed by atoms with E-state index < -0.39 is 11.1 Å². The molecule has 0 saturated carbocycles. The average Bonchev–Trinajstić information content (AvgIpc) is 2.88. The number of aromatic nitrogens is 5. The van der Waals surface area contributed by atoms with E-state index in [1.54, 1.807) is 17.7 Å². The number of anilines is 1. The smallest absolute Gasteiger partial charge is 0.318 e. The van der Waals surface area contributed by atoms with Gasteiger partial charge < -0.3 is 14.2 Å². The summed E-state index contributed by atoms with van der Waals surface area (Å²) >= 11 is 6.10. The van der Waals surface area contributed by atoms with Crippen molar-refractivity contribution in [1.82, 2.24) is 29.0 Å². The molecular formula is C25H30ClN7O3. The summed E-state index contributed by atoms with van der Waals surface area (Å²) in [6.45, 7) is 6.29. The SMILES string of the molecule is Cn1c(=O)c(=O)n(C2CCN(c3ncc(CN4CC5(CCOCC5)C4)cn3)CC2)c2ncc(Cl)cc21. The normalized spacial score (nSPS) is 20.7. The van der Waals surface area contributed by atoms with E-state index in [4.69, 9.17) is 16.3 Å². The second-order valence-corrected chi connectivity index (χ2v) is 10.8. The number of hydrogen-bond acceptors (Lipinski definition) is 8. The Morgan fingerprint density at radius 3 is 2.42 bits per heavy atom. The van der Waals surface area contributed by atoms with Gasteiger partial charge in [0.25, 0.3) is 0 Å². The number of piperidine rings is 1. The van der Waals surface area contributed by atoms with Crippen LogP contribution in [0.3, 0.4) is 0 Å². The van der Waals surface area contributed by atoms with E-state index in [2.05, 4.69) is 24.8 Å². The quantitative estimate of drug-likeness (QED) is 0.490. The van der Waals surface area contributed by atoms with Crippen LogP contribution in [0.25, 0.3) is 11.2 Å². The lowest BCUT2D eigenvalue weighted by Gasteiger charge is -2.52. The number of rotatable bonds is 4. The van der Waals surface area contributed by atoms with Crippen molar-refractivity contribution < 1.29 is 4.74 Å². The molecule has 0 aromatic carbocycles. The second-order valence-electron chi connectivity index (χ2n) is 10.4. The number of likely N-dealkylation sites (tertiary alicyclic amines) is 1. The first-order valence-electron chi connectivity index (χ1n) is 12.6. The molecule has 6 heterocycles. The molecule has 0 radical (unpaired) electrons. The minimum absolute atomic E-state index is 0.123. The highest BCUT2D eigenvalue weighted by Gasteiger charge is 2.43. The molecule has 3 aliphatic rings. The van der Waals surface area contributed by atoms with Crippen LogP contribution in [-0.4, -0.2) is 68.4 Å². The number of pyridine rings is 1. The molecular weight excluding hydrogens is 482 g/mol. The van der Waals surface area contributed by atoms with E-state index in [-0.39, 0.29) is 6.04 Å². The highest BCUT2D eigenvalue weighted by Crippen LogP contribution is 2.40. The summed E-state index contributed by atoms with van der Waals surface area (Å²) in [7, 11) is 1.57. The highest BCUT2D eigenvalue weighted by atomic mass is 35.5. The first-order chi connectivity index (χ1) is 17.4. The van der Waals surface area contributed by atoms with Gasteiger partial charge in [0.05, 0.1) is 10.5 Å². The maximum absolute atomic E-state index is 12.9. The van der Waals surface area contributed by atoms with Gasteiger partial charge in [-0.2, -0.15) is 0 Å². The van der Waals surface area contributed by atoms with E-state index >= 15 is 0 Å². The van der Waals surface area contributed by atoms with Gasteiger partial charge in [0.1, 0.15) is 0 Å². The number of halogens is 1. The highest BCUT2D eigenvalue weighted by molar-refractivity contribution is 6.31. The molecule has 0 aliphatic carbocycles. The lowest BCUT2D eigenvalue weighted by atomic mass is 9.73. The van der Waals surface area contributed by atoms with Crippen LogP contribution in [0.15, 0.2) is 34.2 Å². The monoisotopic (exact) mass is 511 g/mol. The molecule has 3 fully saturated rings. The summed E-state index contributed by atoms with van der Waals surface area (Å²) < 4.78 is 8.38. The lowest BCUT2D eigenvalue weighted by molar-refractivity contribution is -0.0839. The van der Waals surface area contributed by atoms with Gasteiger partial charge in [-0.1, -0.05) is 11.6 Å². The summed E-state index contributed by atoms with van der Waals surface area (Å²) in [6.07, 6.45) is 9.08. The number of nitrogens with zero attached hydrogens (tertiary/aromatic N) is 7. The molecule has 10 nitrogen and oxygen atoms in total. The maximum atomic E-state index is 12.9. The zero-order valence-corrected chi connectivity index (χ0v) is 21.2. The van der Waals surface area contributed by atoms with E-state index in [0.29, 0.717) is 53.5 Å². The van der Waals surface area contributed by atoms with Crippen molar-refractivity contribution in [2.75, 3.05) is 44.3 Å². The van der Waals surface area contributed by atoms with Gasteiger partial charge in [-0.3, -0.25) is 19.1 Å². The molecule has 36 heavy (non-hydrogen) atoms. The Balaban J connectivity index is 1.11. The van der Waals surface area contributed by atoms with Crippen LogP contribution in [0.1, 0.15) is 37.3 Å². The molecule has 0 amide bonds. The van der Waals surface area contributed by atoms with Crippen LogP contribution in [-0.2, 0) is 18.3 Å². The fourth-order valence-electron chi connectivity index (χ4n) is 5.95. The van der Waals surface area contributed by atoms with Gasteiger partial charge in [0.15, 0.2) is 5.65 Å². The zero-order valence-electron chi connectivity index (χ0n) is 20.4. The van der Waals surface area contributed by atoms with Gasteiger partial charge in [-0.15, -0.1) is 0 Å². The van der Waals surface area contributed by atoms with Gasteiger partial charge in [-0.05, 0) is 31.7 Å². The average molecular weight is 512 g/mol. The third kappa shape index (κ3) is 4.21. The van der Waals surface area contributed by atoms with Crippen LogP contribution in [0.2, 0.25) is 5.02 Å². The standard InChI is InChI=1S/C25H30ClN7O3/c1-30-20-10-18(26)13-27-21(20)33(23(35)22(30)34)19-2-6-32(7-3-19)24-28-11-17(12-29-24)14-31-15-25(16-31)4-8-36-9-5-25/h10-13,19H,2-9,14-16H2,1H3. The molecule has 3 aromatic rings. The Kier molecular flexibility index (Phi) is 6.05. The topological polar surface area (TPSA) is 98.4 Å². The molecule has 0 bridgehead atoms. The third-order valence-electron chi connectivity index (χ3n) is 7.99. The van der Waals surface area contributed by atoms with Crippen LogP contribution in [0.4, 0.5) is 5.95 Å². The fraction of sp³-hybridized carbons (Fsp3) is 0.560. The zero-order chi connectivity index (χ0) is 24.9. The third-order valence-corrected chi connectivity index (χ3v) is 8.20. The van der Waals surface area contributed by atoms with Gasteiger partial charge in [0.2, 0.25) is 5.95 Å². The molecule has 0 atom stereocenters. The van der Waals surface area contributed by atoms with Crippen LogP contribution in [0.5, 0.6) is 0 Å². The molecule has 3 saturated heterocycles. The molecule has 1 spiro atoms. The Morgan fingerprint density at radius 1 is 1.03 bits per heavy atom. The molecule has 6 rings (SSSR count). The van der Waals surface area contributed by atoms with Crippen molar-refractivity contribution in [3.63, 3.8) is 0 Å². The first kappa shape index (κ1) is 23.6. The van der Waals surface area contributed by atoms with Crippen molar-refractivity contribution >= 4 is 28.7 Å². The van der Waals surface area contributed by atoms with Gasteiger partial charge in [0, 0.05) is 88.6 Å². The van der Waals surface area contributed by atoms with Crippen molar-refractivity contribution in [1.29, 1.82) is 0 Å². The van der Waals surface area contributed by atoms with E-state index in [1.165, 1.54) is 10.8 Å². The molecule has 0 unspecified atom stereocenters. The van der Waals surface area contributed by atoms with Gasteiger partial charge >= 0.3 is 11.1 Å². The van der Waals surface area contributed by atoms with Crippen LogP contribution in [0, 0.1) is 5.41 Å².